The van der Waals surface area contributed by atoms with E-state index in [9.17, 15) is 22.4 Å². The molecule has 0 aliphatic rings. The number of rotatable bonds is 2. The van der Waals surface area contributed by atoms with Crippen molar-refractivity contribution in [1.29, 1.82) is 0 Å². The van der Waals surface area contributed by atoms with Crippen LogP contribution >= 0.6 is 0 Å². The molecule has 1 aromatic rings. The molecule has 0 unspecified atom stereocenters. The number of carboxylic acid groups (broad SMARTS) is 1. The van der Waals surface area contributed by atoms with Crippen LogP contribution in [-0.4, -0.2) is 17.3 Å². The fourth-order valence-corrected chi connectivity index (χ4v) is 1.17. The molecule has 1 atom stereocenters. The molecule has 88 valence electrons. The summed E-state index contributed by atoms with van der Waals surface area (Å²) in [5, 5.41) is 8.53. The van der Waals surface area contributed by atoms with E-state index in [1.54, 1.807) is 0 Å². The number of nitrogens with two attached hydrogens (primary N) is 1. The Bertz CT molecular complexity index is 418. The first-order valence-corrected chi connectivity index (χ1v) is 4.05. The quantitative estimate of drug-likeness (QED) is 0.768. The van der Waals surface area contributed by atoms with Gasteiger partial charge in [-0.2, -0.15) is 13.2 Å². The minimum absolute atomic E-state index is 0.691. The molecule has 0 aliphatic carbocycles. The highest BCUT2D eigenvalue weighted by Gasteiger charge is 2.60. The van der Waals surface area contributed by atoms with Gasteiger partial charge in [0.05, 0.1) is 0 Å². The van der Waals surface area contributed by atoms with Crippen LogP contribution in [0.25, 0.3) is 0 Å². The normalized spacial score (nSPS) is 15.6. The number of hydrogen-bond acceptors (Lipinski definition) is 2. The van der Waals surface area contributed by atoms with Crippen LogP contribution in [0.2, 0.25) is 0 Å². The number of benzene rings is 1. The minimum atomic E-state index is -5.29. The third kappa shape index (κ3) is 1.73. The lowest BCUT2D eigenvalue weighted by Gasteiger charge is -2.27. The predicted molar refractivity (Wildman–Crippen MR) is 46.0 cm³/mol. The molecule has 0 heterocycles. The molecular weight excluding hydrogens is 230 g/mol. The van der Waals surface area contributed by atoms with Crippen LogP contribution in [0.15, 0.2) is 24.3 Å². The molecule has 1 aromatic carbocycles. The van der Waals surface area contributed by atoms with Crippen LogP contribution in [0.4, 0.5) is 17.6 Å². The molecule has 3 N–H and O–H groups in total. The van der Waals surface area contributed by atoms with Crippen molar-refractivity contribution in [1.82, 2.24) is 0 Å². The third-order valence-corrected chi connectivity index (χ3v) is 2.08. The molecular formula is C9H7F4NO2. The Morgan fingerprint density at radius 1 is 1.25 bits per heavy atom. The van der Waals surface area contributed by atoms with Crippen molar-refractivity contribution in [3.05, 3.63) is 35.6 Å². The van der Waals surface area contributed by atoms with Crippen molar-refractivity contribution < 1.29 is 27.5 Å². The summed E-state index contributed by atoms with van der Waals surface area (Å²) in [5.74, 6) is -3.67. The third-order valence-electron chi connectivity index (χ3n) is 2.08. The molecule has 0 radical (unpaired) electrons. The average Bonchev–Trinajstić information content (AvgIpc) is 2.15. The standard InChI is InChI=1S/C9H7F4NO2/c10-6-4-2-1-3-5(6)8(14,7(15)16)9(11,12)13/h1-4H,14H2,(H,15,16)/t8-/m0/s1. The second-order valence-corrected chi connectivity index (χ2v) is 3.09. The Balaban J connectivity index is 3.46. The first-order chi connectivity index (χ1) is 7.21. The number of alkyl halides is 3. The van der Waals surface area contributed by atoms with E-state index >= 15 is 0 Å². The van der Waals surface area contributed by atoms with E-state index in [0.29, 0.717) is 12.1 Å². The molecule has 0 aromatic heterocycles. The van der Waals surface area contributed by atoms with Crippen LogP contribution in [0.3, 0.4) is 0 Å². The molecule has 1 rings (SSSR count). The van der Waals surface area contributed by atoms with Gasteiger partial charge in [0.15, 0.2) is 0 Å². The summed E-state index contributed by atoms with van der Waals surface area (Å²) < 4.78 is 50.8. The molecule has 0 fully saturated rings. The van der Waals surface area contributed by atoms with Crippen molar-refractivity contribution in [3.63, 3.8) is 0 Å². The zero-order valence-corrected chi connectivity index (χ0v) is 7.75. The maximum absolute atomic E-state index is 13.1. The number of carboxylic acids is 1. The van der Waals surface area contributed by atoms with Gasteiger partial charge in [0.25, 0.3) is 0 Å². The molecule has 0 aliphatic heterocycles. The monoisotopic (exact) mass is 237 g/mol. The van der Waals surface area contributed by atoms with Crippen molar-refractivity contribution in [2.45, 2.75) is 11.7 Å². The van der Waals surface area contributed by atoms with Crippen LogP contribution in [0.5, 0.6) is 0 Å². The van der Waals surface area contributed by atoms with E-state index in [4.69, 9.17) is 10.8 Å². The number of hydrogen-bond donors (Lipinski definition) is 2. The molecule has 0 spiro atoms. The Morgan fingerprint density at radius 2 is 1.75 bits per heavy atom. The second-order valence-electron chi connectivity index (χ2n) is 3.09. The van der Waals surface area contributed by atoms with Gasteiger partial charge in [0.1, 0.15) is 5.82 Å². The topological polar surface area (TPSA) is 63.3 Å². The fourth-order valence-electron chi connectivity index (χ4n) is 1.17. The Hall–Kier alpha value is -1.63. The summed E-state index contributed by atoms with van der Waals surface area (Å²) in [6.45, 7) is 0. The van der Waals surface area contributed by atoms with Gasteiger partial charge in [-0.1, -0.05) is 18.2 Å². The van der Waals surface area contributed by atoms with Crippen molar-refractivity contribution in [3.8, 4) is 0 Å². The van der Waals surface area contributed by atoms with Gasteiger partial charge in [-0.25, -0.2) is 9.18 Å². The van der Waals surface area contributed by atoms with Crippen LogP contribution in [-0.2, 0) is 10.3 Å². The number of aliphatic carboxylic acids is 1. The predicted octanol–water partition coefficient (Wildman–Crippen LogP) is 1.63. The highest BCUT2D eigenvalue weighted by molar-refractivity contribution is 5.81. The van der Waals surface area contributed by atoms with Gasteiger partial charge in [0.2, 0.25) is 5.54 Å². The average molecular weight is 237 g/mol. The lowest BCUT2D eigenvalue weighted by molar-refractivity contribution is -0.205. The summed E-state index contributed by atoms with van der Waals surface area (Å²) >= 11 is 0. The SMILES string of the molecule is N[C@](C(=O)O)(c1ccccc1F)C(F)(F)F. The summed E-state index contributed by atoms with van der Waals surface area (Å²) in [6, 6.07) is 3.62. The van der Waals surface area contributed by atoms with Crippen molar-refractivity contribution in [2.24, 2.45) is 5.73 Å². The van der Waals surface area contributed by atoms with Gasteiger partial charge < -0.3 is 10.8 Å². The molecule has 7 heteroatoms. The van der Waals surface area contributed by atoms with Gasteiger partial charge in [0, 0.05) is 5.56 Å². The van der Waals surface area contributed by atoms with Crippen molar-refractivity contribution >= 4 is 5.97 Å². The first kappa shape index (κ1) is 12.4. The van der Waals surface area contributed by atoms with Gasteiger partial charge in [-0.05, 0) is 6.07 Å². The summed E-state index contributed by atoms with van der Waals surface area (Å²) in [5.41, 5.74) is -0.0780. The number of carbonyl (C=O) groups is 1. The zero-order chi connectivity index (χ0) is 12.6. The molecule has 0 bridgehead atoms. The van der Waals surface area contributed by atoms with Crippen LogP contribution in [0, 0.1) is 5.82 Å². The van der Waals surface area contributed by atoms with Crippen LogP contribution < -0.4 is 5.73 Å². The first-order valence-electron chi connectivity index (χ1n) is 4.05. The highest BCUT2D eigenvalue weighted by atomic mass is 19.4. The lowest BCUT2D eigenvalue weighted by Crippen LogP contribution is -2.57. The van der Waals surface area contributed by atoms with E-state index in [2.05, 4.69) is 0 Å². The van der Waals surface area contributed by atoms with Gasteiger partial charge in [-0.15, -0.1) is 0 Å². The summed E-state index contributed by atoms with van der Waals surface area (Å²) in [4.78, 5) is 10.6. The highest BCUT2D eigenvalue weighted by Crippen LogP contribution is 2.38. The minimum Gasteiger partial charge on any atom is -0.479 e. The van der Waals surface area contributed by atoms with E-state index < -0.39 is 29.1 Å². The van der Waals surface area contributed by atoms with E-state index in [0.717, 1.165) is 12.1 Å². The van der Waals surface area contributed by atoms with E-state index in [-0.39, 0.29) is 0 Å². The largest absolute Gasteiger partial charge is 0.479 e. The number of halogens is 4. The lowest BCUT2D eigenvalue weighted by atomic mass is 9.90. The molecule has 16 heavy (non-hydrogen) atoms. The Kier molecular flexibility index (Phi) is 2.91. The molecule has 3 nitrogen and oxygen atoms in total. The van der Waals surface area contributed by atoms with Gasteiger partial charge in [-0.3, -0.25) is 0 Å². The molecule has 0 saturated carbocycles. The molecule has 0 saturated heterocycles. The maximum Gasteiger partial charge on any atom is 0.421 e. The molecule has 0 amide bonds. The zero-order valence-electron chi connectivity index (χ0n) is 7.75. The maximum atomic E-state index is 13.1. The summed E-state index contributed by atoms with van der Waals surface area (Å²) in [6.07, 6.45) is -5.29. The summed E-state index contributed by atoms with van der Waals surface area (Å²) in [7, 11) is 0. The second kappa shape index (κ2) is 3.75. The Morgan fingerprint density at radius 3 is 2.12 bits per heavy atom. The van der Waals surface area contributed by atoms with E-state index in [1.807, 2.05) is 0 Å². The smallest absolute Gasteiger partial charge is 0.421 e. The van der Waals surface area contributed by atoms with Crippen LogP contribution in [0.1, 0.15) is 5.56 Å². The Labute approximate surface area is 87.5 Å². The fraction of sp³-hybridized carbons (Fsp3) is 0.222. The van der Waals surface area contributed by atoms with E-state index in [1.165, 1.54) is 0 Å². The van der Waals surface area contributed by atoms with Gasteiger partial charge >= 0.3 is 12.1 Å². The van der Waals surface area contributed by atoms with Crippen molar-refractivity contribution in [2.75, 3.05) is 0 Å².